The van der Waals surface area contributed by atoms with E-state index in [1.807, 2.05) is 33.2 Å². The van der Waals surface area contributed by atoms with Crippen LogP contribution in [0.15, 0.2) is 328 Å². The molecule has 0 unspecified atom stereocenters. The van der Waals surface area contributed by atoms with Crippen molar-refractivity contribution in [3.63, 3.8) is 0 Å². The minimum atomic E-state index is -0.640. The zero-order chi connectivity index (χ0) is 82.7. The molecule has 119 heavy (non-hydrogen) atoms. The maximum absolute atomic E-state index is 8.41. The predicted molar refractivity (Wildman–Crippen MR) is 494 cm³/mol. The molecular weight excluding hydrogens is 1450 g/mol. The van der Waals surface area contributed by atoms with Crippen molar-refractivity contribution in [3.05, 3.63) is 360 Å². The van der Waals surface area contributed by atoms with Crippen LogP contribution in [-0.4, -0.2) is 0 Å². The Bertz CT molecular complexity index is 7910. The van der Waals surface area contributed by atoms with Crippen LogP contribution in [0.3, 0.4) is 0 Å². The number of fused-ring (bicyclic) bond motifs is 20. The number of nitrogens with zero attached hydrogens (tertiary/aromatic N) is 4. The predicted octanol–water partition coefficient (Wildman–Crippen LogP) is 27.8. The van der Waals surface area contributed by atoms with Gasteiger partial charge in [0, 0.05) is 136 Å². The third-order valence-electron chi connectivity index (χ3n) is 24.7. The smallest absolute Gasteiger partial charge is 0.213 e. The summed E-state index contributed by atoms with van der Waals surface area (Å²) in [4.78, 5) is 0. The number of hydrogen-bond donors (Lipinski definition) is 0. The van der Waals surface area contributed by atoms with Crippen LogP contribution in [0.1, 0.15) is 71.2 Å². The average Bonchev–Trinajstić information content (AvgIpc) is 1.60. The summed E-state index contributed by atoms with van der Waals surface area (Å²) in [5.41, 5.74) is 32.8. The summed E-state index contributed by atoms with van der Waals surface area (Å²) >= 11 is 0. The Morgan fingerprint density at radius 2 is 0.546 bits per heavy atom. The second-order valence-corrected chi connectivity index (χ2v) is 32.5. The Labute approximate surface area is 694 Å². The number of hydrogen-bond acceptors (Lipinski definition) is 4. The SMILES string of the molecule is Cc1c[n+](C)c(-c2ccc3c(oc4c5ccccc5c(C)cc34)c2C)cc1-c1ccccc1.Cc1c[n+](C)c(-c2ccc3c(oc4c5ccccc5ccc34)c2C)cc1-c1ccccc1.Cc1cc[n+](C)c(-c2ccc3c(oc4c5ccccc5ccc34)c2C)c1.[2H]C(C)(C)c1cc[n+](C)c(-c2ccc3c(oc4c5ccccc5ccc34)c2C)c1. The van der Waals surface area contributed by atoms with Gasteiger partial charge in [-0.2, -0.15) is 0 Å². The molecule has 8 aromatic heterocycles. The lowest BCUT2D eigenvalue weighted by Gasteiger charge is -2.10. The molecule has 578 valence electrons. The molecule has 22 rings (SSSR count). The molecule has 0 saturated heterocycles. The average molecular weight is 1550 g/mol. The number of furan rings is 4. The number of pyridine rings is 4. The molecule has 0 fully saturated rings. The quantitative estimate of drug-likeness (QED) is 0.149. The van der Waals surface area contributed by atoms with E-state index in [1.54, 1.807) is 0 Å². The first-order valence-electron chi connectivity index (χ1n) is 41.6. The van der Waals surface area contributed by atoms with Gasteiger partial charge in [-0.3, -0.25) is 0 Å². The molecule has 22 aromatic rings. The minimum absolute atomic E-state index is 0.640. The van der Waals surface area contributed by atoms with E-state index in [4.69, 9.17) is 19.0 Å². The molecule has 0 saturated carbocycles. The second-order valence-electron chi connectivity index (χ2n) is 32.5. The van der Waals surface area contributed by atoms with E-state index < -0.39 is 5.89 Å². The summed E-state index contributed by atoms with van der Waals surface area (Å²) in [6.07, 6.45) is 8.58. The first-order valence-corrected chi connectivity index (χ1v) is 41.1. The van der Waals surface area contributed by atoms with Crippen LogP contribution in [0, 0.1) is 55.4 Å². The van der Waals surface area contributed by atoms with Gasteiger partial charge in [-0.15, -0.1) is 0 Å². The molecule has 0 aliphatic heterocycles. The first kappa shape index (κ1) is 73.8. The highest BCUT2D eigenvalue weighted by atomic mass is 16.3. The van der Waals surface area contributed by atoms with Crippen molar-refractivity contribution in [1.82, 2.24) is 0 Å². The lowest BCUT2D eigenvalue weighted by molar-refractivity contribution is -0.660. The van der Waals surface area contributed by atoms with E-state index in [-0.39, 0.29) is 0 Å². The summed E-state index contributed by atoms with van der Waals surface area (Å²) in [7, 11) is 8.37. The molecule has 0 N–H and O–H groups in total. The molecule has 0 atom stereocenters. The van der Waals surface area contributed by atoms with Crippen molar-refractivity contribution in [2.45, 2.75) is 75.1 Å². The van der Waals surface area contributed by atoms with E-state index >= 15 is 0 Å². The van der Waals surface area contributed by atoms with Gasteiger partial charge in [-0.05, 0) is 195 Å². The second kappa shape index (κ2) is 30.2. The van der Waals surface area contributed by atoms with Gasteiger partial charge in [0.2, 0.25) is 22.8 Å². The Balaban J connectivity index is 0.000000106. The zero-order valence-electron chi connectivity index (χ0n) is 70.9. The molecule has 8 heteroatoms. The molecule has 0 aliphatic carbocycles. The Morgan fingerprint density at radius 3 is 0.941 bits per heavy atom. The molecule has 0 radical (unpaired) electrons. The minimum Gasteiger partial charge on any atom is -0.455 e. The molecule has 8 heterocycles. The van der Waals surface area contributed by atoms with Crippen LogP contribution in [0.4, 0.5) is 0 Å². The van der Waals surface area contributed by atoms with Crippen LogP contribution in [0.25, 0.3) is 198 Å². The zero-order valence-corrected chi connectivity index (χ0v) is 69.9. The van der Waals surface area contributed by atoms with E-state index in [9.17, 15) is 0 Å². The molecule has 8 nitrogen and oxygen atoms in total. The summed E-state index contributed by atoms with van der Waals surface area (Å²) in [5.74, 6) is -0.640. The molecule has 14 aromatic carbocycles. The lowest BCUT2D eigenvalue weighted by atomic mass is 9.96. The molecule has 0 amide bonds. The fourth-order valence-electron chi connectivity index (χ4n) is 18.2. The highest BCUT2D eigenvalue weighted by Gasteiger charge is 2.27. The van der Waals surface area contributed by atoms with Gasteiger partial charge < -0.3 is 17.7 Å². The Kier molecular flexibility index (Phi) is 18.7. The third-order valence-corrected chi connectivity index (χ3v) is 24.7. The maximum Gasteiger partial charge on any atom is 0.213 e. The van der Waals surface area contributed by atoms with Crippen molar-refractivity contribution in [3.8, 4) is 67.3 Å². The number of aryl methyl sites for hydroxylation is 12. The van der Waals surface area contributed by atoms with Crippen LogP contribution >= 0.6 is 0 Å². The Morgan fingerprint density at radius 1 is 0.244 bits per heavy atom. The van der Waals surface area contributed by atoms with Crippen molar-refractivity contribution in [2.24, 2.45) is 28.2 Å². The van der Waals surface area contributed by atoms with E-state index in [0.29, 0.717) is 0 Å². The Hall–Kier alpha value is -14.1. The van der Waals surface area contributed by atoms with Crippen molar-refractivity contribution < 1.29 is 37.3 Å². The van der Waals surface area contributed by atoms with Gasteiger partial charge in [0.1, 0.15) is 72.9 Å². The fraction of sp³-hybridized carbons (Fsp3) is 0.135. The molecule has 0 spiro atoms. The first-order chi connectivity index (χ1) is 58.1. The molecular formula is C111H94N4O4+4. The standard InChI is InChI=1S/C31H26NO.C30H24NO.C26H24NO.C24H20NO/c1-19-16-28-26-15-14-24(21(3)30(26)33-31(28)25-13-9-8-12-23(19)25)29-17-27(20(2)18-32(29)4)22-10-6-5-7-11-22;1-19-18-31(3)28(17-27(19)21-9-5-4-6-10-21)23-15-16-25-26-14-13-22-11-7-8-12-24(22)30(26)32-29(25)20(23)2;1-16(2)19-13-14-27(4)24(15-19)20-11-12-22-23-10-9-18-7-5-6-8-21(18)26(23)28-25(22)17(20)3;1-15-12-13-25(3)22(14-15)18-10-11-20-21-9-8-17-6-4-5-7-19(17)24(21)26-23(20)16(18)2/h5-18H,1-4H3;4-18H,1-3H3;5-16H,1-4H3;4-14H,1-3H3/q4*+1/i;;16D;. The van der Waals surface area contributed by atoms with Gasteiger partial charge in [0.15, 0.2) is 24.8 Å². The van der Waals surface area contributed by atoms with Gasteiger partial charge in [0.25, 0.3) is 0 Å². The van der Waals surface area contributed by atoms with Gasteiger partial charge in [0.05, 0.1) is 22.3 Å². The molecule has 0 bridgehead atoms. The van der Waals surface area contributed by atoms with E-state index in [2.05, 4.69) is 392 Å². The highest BCUT2D eigenvalue weighted by Crippen LogP contribution is 2.45. The summed E-state index contributed by atoms with van der Waals surface area (Å²) in [6, 6.07) is 101. The number of aromatic nitrogens is 4. The van der Waals surface area contributed by atoms with Gasteiger partial charge in [-0.1, -0.05) is 190 Å². The monoisotopic (exact) mass is 1550 g/mol. The van der Waals surface area contributed by atoms with E-state index in [1.165, 1.54) is 160 Å². The van der Waals surface area contributed by atoms with Crippen LogP contribution in [0.2, 0.25) is 0 Å². The topological polar surface area (TPSA) is 68.1 Å². The number of benzene rings is 14. The van der Waals surface area contributed by atoms with Crippen LogP contribution < -0.4 is 18.3 Å². The van der Waals surface area contributed by atoms with Crippen LogP contribution in [-0.2, 0) is 28.2 Å². The number of rotatable bonds is 7. The summed E-state index contributed by atoms with van der Waals surface area (Å²) in [5, 5.41) is 18.9. The summed E-state index contributed by atoms with van der Waals surface area (Å²) in [6.45, 7) is 21.1. The van der Waals surface area contributed by atoms with Crippen LogP contribution in [0.5, 0.6) is 0 Å². The maximum atomic E-state index is 8.41. The van der Waals surface area contributed by atoms with Crippen molar-refractivity contribution in [1.29, 1.82) is 0 Å². The molecule has 0 aliphatic rings. The normalized spacial score (nSPS) is 11.9. The lowest BCUT2D eigenvalue weighted by Crippen LogP contribution is -2.31. The van der Waals surface area contributed by atoms with Crippen molar-refractivity contribution in [2.75, 3.05) is 0 Å². The largest absolute Gasteiger partial charge is 0.455 e. The third kappa shape index (κ3) is 13.1. The van der Waals surface area contributed by atoms with Crippen molar-refractivity contribution >= 4 is 131 Å². The van der Waals surface area contributed by atoms with Gasteiger partial charge in [-0.25, -0.2) is 18.3 Å². The van der Waals surface area contributed by atoms with E-state index in [0.717, 1.165) is 88.6 Å². The highest BCUT2D eigenvalue weighted by molar-refractivity contribution is 6.20. The summed E-state index contributed by atoms with van der Waals surface area (Å²) < 4.78 is 43.1. The fourth-order valence-corrected chi connectivity index (χ4v) is 18.2. The van der Waals surface area contributed by atoms with Gasteiger partial charge >= 0.3 is 0 Å².